The van der Waals surface area contributed by atoms with Crippen LogP contribution in [0.2, 0.25) is 0 Å². The molecule has 19 nitrogen and oxygen atoms in total. The van der Waals surface area contributed by atoms with Gasteiger partial charge in [0, 0.05) is 0 Å². The number of aromatic amines is 2. The van der Waals surface area contributed by atoms with Crippen molar-refractivity contribution in [2.45, 2.75) is 0 Å². The number of hydrogen-bond acceptors (Lipinski definition) is 9. The highest BCUT2D eigenvalue weighted by atomic mass is 16.7. The van der Waals surface area contributed by atoms with Crippen LogP contribution in [0.15, 0.2) is 18.2 Å². The molecule has 0 aliphatic carbocycles. The molecule has 10 N–H and O–H groups in total. The Labute approximate surface area is 152 Å². The summed E-state index contributed by atoms with van der Waals surface area (Å²) in [5.41, 5.74) is 17.5. The number of aromatic nitrogens is 7. The van der Waals surface area contributed by atoms with E-state index in [1.54, 1.807) is 0 Å². The van der Waals surface area contributed by atoms with E-state index in [-0.39, 0.29) is 45.9 Å². The molecule has 0 spiro atoms. The lowest BCUT2D eigenvalue weighted by atomic mass is 10.3. The maximum absolute atomic E-state index is 10.6. The second kappa shape index (κ2) is 8.15. The van der Waals surface area contributed by atoms with Gasteiger partial charge in [0.2, 0.25) is 0 Å². The molecule has 0 amide bonds. The fourth-order valence-electron chi connectivity index (χ4n) is 2.00. The first kappa shape index (κ1) is 21.4. The lowest BCUT2D eigenvalue weighted by Gasteiger charge is -2.14. The molecule has 3 aromatic heterocycles. The quantitative estimate of drug-likeness (QED) is 0.182. The highest BCUT2D eigenvalue weighted by Crippen LogP contribution is 2.18. The maximum atomic E-state index is 10.6. The van der Waals surface area contributed by atoms with Crippen LogP contribution in [0.1, 0.15) is 0 Å². The number of H-pyrrole nitrogens is 2. The molecular formula is C9H13N13O6. The number of nitrogens with one attached hydrogen (secondary N) is 2. The summed E-state index contributed by atoms with van der Waals surface area (Å²) in [7, 11) is 0. The molecule has 19 heteroatoms. The van der Waals surface area contributed by atoms with Crippen molar-refractivity contribution < 1.29 is 30.4 Å². The van der Waals surface area contributed by atoms with Gasteiger partial charge in [0.25, 0.3) is 0 Å². The van der Waals surface area contributed by atoms with E-state index in [9.17, 15) is 20.2 Å². The van der Waals surface area contributed by atoms with E-state index in [2.05, 4.69) is 36.4 Å². The molecule has 0 aliphatic rings. The minimum atomic E-state index is -0.960. The molecule has 150 valence electrons. The minimum absolute atomic E-state index is 0. The van der Waals surface area contributed by atoms with Crippen LogP contribution in [-0.4, -0.2) is 46.4 Å². The van der Waals surface area contributed by atoms with Crippen molar-refractivity contribution in [3.05, 3.63) is 49.5 Å². The van der Waals surface area contributed by atoms with Crippen LogP contribution in [0.4, 0.5) is 11.9 Å². The number of nitrogen functional groups attached to an aromatic ring is 2. The molecule has 0 bridgehead atoms. The third-order valence-electron chi connectivity index (χ3n) is 2.97. The Balaban J connectivity index is 0.00000196. The van der Waals surface area contributed by atoms with Gasteiger partial charge in [-0.2, -0.15) is 10.1 Å². The minimum Gasteiger partial charge on any atom is -0.412 e. The van der Waals surface area contributed by atoms with Gasteiger partial charge in [-0.1, -0.05) is 16.3 Å². The Morgan fingerprint density at radius 3 is 1.64 bits per heavy atom. The first-order chi connectivity index (χ1) is 12.4. The van der Waals surface area contributed by atoms with Gasteiger partial charge < -0.3 is 42.3 Å². The van der Waals surface area contributed by atoms with Crippen molar-refractivity contribution in [3.63, 3.8) is 0 Å². The van der Waals surface area contributed by atoms with Crippen LogP contribution in [-0.2, 0) is 0 Å². The highest BCUT2D eigenvalue weighted by Gasteiger charge is 2.24. The first-order valence-corrected chi connectivity index (χ1v) is 6.59. The largest absolute Gasteiger partial charge is 0.459 e. The fourth-order valence-corrected chi connectivity index (χ4v) is 2.00. The topological polar surface area (TPSA) is 308 Å². The van der Waals surface area contributed by atoms with Crippen LogP contribution < -0.4 is 20.8 Å². The predicted octanol–water partition coefficient (Wildman–Crippen LogP) is -3.39. The van der Waals surface area contributed by atoms with E-state index in [4.69, 9.17) is 11.5 Å². The number of rotatable bonds is 6. The van der Waals surface area contributed by atoms with Gasteiger partial charge in [0.05, 0.1) is 0 Å². The zero-order valence-corrected chi connectivity index (χ0v) is 13.5. The van der Waals surface area contributed by atoms with Gasteiger partial charge in [-0.3, -0.25) is 11.5 Å². The summed E-state index contributed by atoms with van der Waals surface area (Å²) in [5.74, 6) is -0.529. The zero-order valence-electron chi connectivity index (χ0n) is 13.5. The molecule has 0 radical (unpaired) electrons. The predicted molar refractivity (Wildman–Crippen MR) is 87.3 cm³/mol. The molecule has 0 fully saturated rings. The lowest BCUT2D eigenvalue weighted by molar-refractivity contribution is -0.720. The summed E-state index contributed by atoms with van der Waals surface area (Å²) in [5, 5.41) is 31.5. The standard InChI is InChI=1S/C9H9N13O4.2H2O/c10-8-15-13-6(19(8)17-21(23)24)4-2-1-3-5(12-4)7-14-16-9(11)20(7)18-22(25)26;;/h1-3,13-14H,(H2,10,15)(H2,11,16);2*1H2. The van der Waals surface area contributed by atoms with Crippen molar-refractivity contribution in [1.29, 1.82) is 0 Å². The van der Waals surface area contributed by atoms with Crippen molar-refractivity contribution in [1.82, 2.24) is 25.4 Å². The highest BCUT2D eigenvalue weighted by molar-refractivity contribution is 5.54. The second-order valence-corrected chi connectivity index (χ2v) is 4.55. The number of hydrogen-bond donors (Lipinski definition) is 4. The van der Waals surface area contributed by atoms with Crippen LogP contribution in [0.3, 0.4) is 0 Å². The number of nitrogens with zero attached hydrogens (tertiary/aromatic N) is 9. The summed E-state index contributed by atoms with van der Waals surface area (Å²) in [6, 6.07) is 4.49. The molecule has 0 atom stereocenters. The van der Waals surface area contributed by atoms with Gasteiger partial charge in [0.1, 0.15) is 21.6 Å². The van der Waals surface area contributed by atoms with Crippen LogP contribution in [0.25, 0.3) is 34.1 Å². The Morgan fingerprint density at radius 1 is 0.893 bits per heavy atom. The number of anilines is 2. The number of nitrogens with two attached hydrogens (primary N) is 2. The molecule has 3 rings (SSSR count). The molecule has 3 aromatic rings. The Kier molecular flexibility index (Phi) is 6.23. The van der Waals surface area contributed by atoms with Crippen LogP contribution >= 0.6 is 0 Å². The smallest absolute Gasteiger partial charge is 0.412 e. The number of nitro groups is 2. The maximum Gasteiger partial charge on any atom is 0.459 e. The van der Waals surface area contributed by atoms with Crippen molar-refractivity contribution in [2.75, 3.05) is 11.5 Å². The van der Waals surface area contributed by atoms with Crippen molar-refractivity contribution in [2.24, 2.45) is 0 Å². The monoisotopic (exact) mass is 399 g/mol. The van der Waals surface area contributed by atoms with E-state index in [1.165, 1.54) is 18.2 Å². The summed E-state index contributed by atoms with van der Waals surface area (Å²) < 4.78 is 1.48. The summed E-state index contributed by atoms with van der Waals surface area (Å²) in [4.78, 5) is 25.5. The Bertz CT molecular complexity index is 923. The zero-order chi connectivity index (χ0) is 18.8. The van der Waals surface area contributed by atoms with E-state index >= 15 is 0 Å². The van der Waals surface area contributed by atoms with Gasteiger partial charge in [0.15, 0.2) is 0 Å². The molecule has 0 aromatic carbocycles. The first-order valence-electron chi connectivity index (χ1n) is 6.59. The Morgan fingerprint density at radius 2 is 1.29 bits per heavy atom. The third kappa shape index (κ3) is 3.94. The van der Waals surface area contributed by atoms with E-state index < -0.39 is 10.1 Å². The SMILES string of the molecule is Nc1n[nH]c(-c2cccc(-c3[nH]nc(N)[n+]3[N-][N+](=O)[O-])n2)[n+]1[N-][N+](=O)[O-].O.O. The van der Waals surface area contributed by atoms with Crippen LogP contribution in [0, 0.1) is 20.2 Å². The fraction of sp³-hybridized carbons (Fsp3) is 0. The average Bonchev–Trinajstić information content (AvgIpc) is 3.11. The van der Waals surface area contributed by atoms with Crippen molar-refractivity contribution >= 4 is 11.9 Å². The molecule has 3 heterocycles. The van der Waals surface area contributed by atoms with Gasteiger partial charge in [-0.05, 0) is 12.1 Å². The summed E-state index contributed by atoms with van der Waals surface area (Å²) in [6.07, 6.45) is 0. The number of pyridine rings is 1. The van der Waals surface area contributed by atoms with Gasteiger partial charge in [-0.25, -0.2) is 14.3 Å². The van der Waals surface area contributed by atoms with Gasteiger partial charge in [-0.15, -0.1) is 0 Å². The van der Waals surface area contributed by atoms with Crippen LogP contribution in [0.5, 0.6) is 0 Å². The molecule has 0 saturated carbocycles. The van der Waals surface area contributed by atoms with E-state index in [0.717, 1.165) is 9.35 Å². The van der Waals surface area contributed by atoms with E-state index in [0.29, 0.717) is 0 Å². The molecule has 28 heavy (non-hydrogen) atoms. The second-order valence-electron chi connectivity index (χ2n) is 4.55. The molecule has 0 aliphatic heterocycles. The normalized spacial score (nSPS) is 9.71. The molecular weight excluding hydrogens is 386 g/mol. The summed E-state index contributed by atoms with van der Waals surface area (Å²) in [6.45, 7) is 0. The van der Waals surface area contributed by atoms with Crippen molar-refractivity contribution in [3.8, 4) is 23.0 Å². The third-order valence-corrected chi connectivity index (χ3v) is 2.97. The Hall–Kier alpha value is -4.65. The molecule has 0 saturated heterocycles. The van der Waals surface area contributed by atoms with Gasteiger partial charge >= 0.3 is 23.5 Å². The summed E-state index contributed by atoms with van der Waals surface area (Å²) >= 11 is 0. The van der Waals surface area contributed by atoms with E-state index in [1.807, 2.05) is 0 Å². The average molecular weight is 399 g/mol. The molecule has 0 unspecified atom stereocenters. The lowest BCUT2D eigenvalue weighted by Crippen LogP contribution is -2.36.